The van der Waals surface area contributed by atoms with Gasteiger partial charge in [-0.05, 0) is 59.4 Å². The van der Waals surface area contributed by atoms with Crippen LogP contribution in [0.5, 0.6) is 0 Å². The van der Waals surface area contributed by atoms with Gasteiger partial charge in [-0.25, -0.2) is 4.79 Å². The third kappa shape index (κ3) is 12.8. The number of alkyl carbamates (subject to hydrolysis) is 1. The third-order valence-corrected chi connectivity index (χ3v) is 9.42. The number of benzene rings is 3. The Hall–Kier alpha value is -5.19. The minimum absolute atomic E-state index is 0.00644. The molecule has 0 saturated heterocycles. The van der Waals surface area contributed by atoms with Crippen molar-refractivity contribution in [1.29, 1.82) is 0 Å². The third-order valence-electron chi connectivity index (χ3n) is 9.42. The van der Waals surface area contributed by atoms with Crippen LogP contribution in [-0.2, 0) is 30.3 Å². The van der Waals surface area contributed by atoms with Crippen molar-refractivity contribution in [3.05, 3.63) is 95.6 Å². The molecule has 0 saturated carbocycles. The largest absolute Gasteiger partial charge is 0.481 e. The first-order valence-corrected chi connectivity index (χ1v) is 18.5. The monoisotopic (exact) mass is 726 g/mol. The lowest BCUT2D eigenvalue weighted by molar-refractivity contribution is -0.138. The number of nitrogens with one attached hydrogen (secondary N) is 4. The smallest absolute Gasteiger partial charge is 0.407 e. The summed E-state index contributed by atoms with van der Waals surface area (Å²) < 4.78 is 5.79. The molecule has 0 spiro atoms. The Balaban J connectivity index is 1.32. The van der Waals surface area contributed by atoms with E-state index < -0.39 is 36.2 Å². The van der Waals surface area contributed by atoms with Gasteiger partial charge in [0, 0.05) is 49.3 Å². The van der Waals surface area contributed by atoms with Crippen LogP contribution in [0, 0.1) is 11.8 Å². The van der Waals surface area contributed by atoms with E-state index >= 15 is 0 Å². The highest BCUT2D eigenvalue weighted by molar-refractivity contribution is 5.82. The van der Waals surface area contributed by atoms with Crippen LogP contribution in [0.25, 0.3) is 11.1 Å². The summed E-state index contributed by atoms with van der Waals surface area (Å²) in [5, 5.41) is 20.7. The molecule has 3 aromatic rings. The zero-order valence-electron chi connectivity index (χ0n) is 31.4. The molecule has 284 valence electrons. The van der Waals surface area contributed by atoms with Crippen LogP contribution in [0.4, 0.5) is 4.79 Å². The minimum Gasteiger partial charge on any atom is -0.481 e. The van der Waals surface area contributed by atoms with Gasteiger partial charge in [-0.15, -0.1) is 0 Å². The molecular weight excluding hydrogens is 672 g/mol. The van der Waals surface area contributed by atoms with Crippen LogP contribution in [0.2, 0.25) is 0 Å². The topological polar surface area (TPSA) is 163 Å². The van der Waals surface area contributed by atoms with Crippen molar-refractivity contribution in [2.45, 2.75) is 103 Å². The van der Waals surface area contributed by atoms with E-state index in [-0.39, 0.29) is 67.8 Å². The fraction of sp³-hybridized carbons (Fsp3) is 0.452. The predicted octanol–water partition coefficient (Wildman–Crippen LogP) is 5.96. The van der Waals surface area contributed by atoms with Crippen LogP contribution in [-0.4, -0.2) is 65.7 Å². The Kier molecular flexibility index (Phi) is 15.0. The number of ether oxygens (including phenoxy) is 1. The molecule has 0 unspecified atom stereocenters. The van der Waals surface area contributed by atoms with E-state index in [1.807, 2.05) is 82.3 Å². The van der Waals surface area contributed by atoms with Crippen molar-refractivity contribution in [1.82, 2.24) is 21.3 Å². The maximum Gasteiger partial charge on any atom is 0.407 e. The molecule has 53 heavy (non-hydrogen) atoms. The van der Waals surface area contributed by atoms with E-state index in [0.717, 1.165) is 27.8 Å². The number of carboxylic acid groups (broad SMARTS) is 1. The highest BCUT2D eigenvalue weighted by Gasteiger charge is 2.30. The summed E-state index contributed by atoms with van der Waals surface area (Å²) >= 11 is 0. The Morgan fingerprint density at radius 3 is 1.79 bits per heavy atom. The SMILES string of the molecule is CC(C)C[C@@H](CC(=O)O)NC(=O)C[C@H](C)NC(=O)C[C@H](NC(=O)C[C@H](Cc1ccccc1)NC(=O)OCC1c2ccccc2-c2ccccc21)C(C)C. The number of rotatable bonds is 19. The van der Waals surface area contributed by atoms with Gasteiger partial charge in [0.25, 0.3) is 0 Å². The average Bonchev–Trinajstić information content (AvgIpc) is 3.40. The molecule has 0 radical (unpaired) electrons. The Morgan fingerprint density at radius 2 is 1.21 bits per heavy atom. The van der Waals surface area contributed by atoms with Crippen LogP contribution in [0.15, 0.2) is 78.9 Å². The summed E-state index contributed by atoms with van der Waals surface area (Å²) in [6.45, 7) is 9.58. The fourth-order valence-electron chi connectivity index (χ4n) is 6.94. The van der Waals surface area contributed by atoms with Gasteiger partial charge in [0.05, 0.1) is 6.42 Å². The molecule has 0 bridgehead atoms. The highest BCUT2D eigenvalue weighted by Crippen LogP contribution is 2.44. The number of hydrogen-bond donors (Lipinski definition) is 5. The van der Waals surface area contributed by atoms with E-state index in [4.69, 9.17) is 4.74 Å². The first-order valence-electron chi connectivity index (χ1n) is 18.5. The van der Waals surface area contributed by atoms with Gasteiger partial charge < -0.3 is 31.1 Å². The summed E-state index contributed by atoms with van der Waals surface area (Å²) in [4.78, 5) is 63.6. The Morgan fingerprint density at radius 1 is 0.642 bits per heavy atom. The summed E-state index contributed by atoms with van der Waals surface area (Å²) in [7, 11) is 0. The van der Waals surface area contributed by atoms with Gasteiger partial charge in [0.15, 0.2) is 0 Å². The highest BCUT2D eigenvalue weighted by atomic mass is 16.5. The maximum atomic E-state index is 13.5. The van der Waals surface area contributed by atoms with Crippen molar-refractivity contribution < 1.29 is 33.8 Å². The fourth-order valence-corrected chi connectivity index (χ4v) is 6.94. The number of carbonyl (C=O) groups is 5. The van der Waals surface area contributed by atoms with E-state index in [2.05, 4.69) is 45.5 Å². The molecule has 4 atom stereocenters. The van der Waals surface area contributed by atoms with E-state index in [1.165, 1.54) is 0 Å². The van der Waals surface area contributed by atoms with Crippen molar-refractivity contribution in [3.63, 3.8) is 0 Å². The second-order valence-corrected chi connectivity index (χ2v) is 14.8. The lowest BCUT2D eigenvalue weighted by Crippen LogP contribution is -2.47. The average molecular weight is 727 g/mol. The van der Waals surface area contributed by atoms with Crippen LogP contribution >= 0.6 is 0 Å². The number of amides is 4. The number of fused-ring (bicyclic) bond motifs is 3. The molecule has 4 rings (SSSR count). The summed E-state index contributed by atoms with van der Waals surface area (Å²) in [5.41, 5.74) is 5.42. The second kappa shape index (κ2) is 19.6. The molecule has 0 aromatic heterocycles. The van der Waals surface area contributed by atoms with Gasteiger partial charge in [0.1, 0.15) is 6.61 Å². The van der Waals surface area contributed by atoms with Crippen molar-refractivity contribution in [2.24, 2.45) is 11.8 Å². The van der Waals surface area contributed by atoms with Crippen LogP contribution in [0.1, 0.15) is 89.3 Å². The van der Waals surface area contributed by atoms with Crippen LogP contribution < -0.4 is 21.3 Å². The van der Waals surface area contributed by atoms with Crippen molar-refractivity contribution in [3.8, 4) is 11.1 Å². The Labute approximate surface area is 312 Å². The molecule has 1 aliphatic carbocycles. The first kappa shape index (κ1) is 40.6. The minimum atomic E-state index is -0.988. The van der Waals surface area contributed by atoms with Gasteiger partial charge in [0.2, 0.25) is 17.7 Å². The molecule has 0 fully saturated rings. The number of carboxylic acids is 1. The maximum absolute atomic E-state index is 13.5. The standard InChI is InChI=1S/C42H54N4O7/c1-26(2)19-30(23-41(50)51)44-38(47)20-28(5)43-40(49)24-37(27(3)4)46-39(48)22-31(21-29-13-7-6-8-14-29)45-42(52)53-25-36-34-17-11-9-15-32(34)33-16-10-12-18-35(33)36/h6-18,26-28,30-31,36-37H,19-25H2,1-5H3,(H,43,49)(H,44,47)(H,45,52)(H,46,48)(H,50,51)/t28-,30-,31-,37-/m0/s1. The van der Waals surface area contributed by atoms with Crippen molar-refractivity contribution >= 4 is 29.8 Å². The molecule has 11 heteroatoms. The van der Waals surface area contributed by atoms with E-state index in [1.54, 1.807) is 6.92 Å². The molecule has 5 N–H and O–H groups in total. The molecule has 0 heterocycles. The summed E-state index contributed by atoms with van der Waals surface area (Å²) in [6, 6.07) is 23.7. The number of carbonyl (C=O) groups excluding carboxylic acids is 4. The molecule has 3 aromatic carbocycles. The summed E-state index contributed by atoms with van der Waals surface area (Å²) in [5.74, 6) is -1.95. The zero-order chi connectivity index (χ0) is 38.5. The van der Waals surface area contributed by atoms with Crippen LogP contribution in [0.3, 0.4) is 0 Å². The van der Waals surface area contributed by atoms with Gasteiger partial charge in [-0.3, -0.25) is 19.2 Å². The second-order valence-electron chi connectivity index (χ2n) is 14.8. The van der Waals surface area contributed by atoms with Crippen molar-refractivity contribution in [2.75, 3.05) is 6.61 Å². The molecule has 0 aliphatic heterocycles. The van der Waals surface area contributed by atoms with Gasteiger partial charge >= 0.3 is 12.1 Å². The molecule has 11 nitrogen and oxygen atoms in total. The van der Waals surface area contributed by atoms with Gasteiger partial charge in [-0.1, -0.05) is 107 Å². The summed E-state index contributed by atoms with van der Waals surface area (Å²) in [6.07, 6.45) is 0.0888. The van der Waals surface area contributed by atoms with Gasteiger partial charge in [-0.2, -0.15) is 0 Å². The molecular formula is C42H54N4O7. The first-order chi connectivity index (χ1) is 25.3. The lowest BCUT2D eigenvalue weighted by Gasteiger charge is -2.25. The predicted molar refractivity (Wildman–Crippen MR) is 204 cm³/mol. The van der Waals surface area contributed by atoms with E-state index in [9.17, 15) is 29.1 Å². The number of aliphatic carboxylic acids is 1. The zero-order valence-corrected chi connectivity index (χ0v) is 31.4. The molecule has 1 aliphatic rings. The Bertz CT molecular complexity index is 1660. The van der Waals surface area contributed by atoms with E-state index in [0.29, 0.717) is 12.8 Å². The number of hydrogen-bond acceptors (Lipinski definition) is 6. The normalized spacial score (nSPS) is 14.3. The molecule has 4 amide bonds. The lowest BCUT2D eigenvalue weighted by atomic mass is 9.98. The quantitative estimate of drug-likeness (QED) is 0.102.